The molecule has 0 aliphatic carbocycles. The average molecular weight is 353 g/mol. The zero-order valence-electron chi connectivity index (χ0n) is 14.2. The van der Waals surface area contributed by atoms with E-state index in [1.165, 1.54) is 6.20 Å². The average Bonchev–Trinajstić information content (AvgIpc) is 3.08. The van der Waals surface area contributed by atoms with Gasteiger partial charge in [0.1, 0.15) is 5.75 Å². The molecule has 25 heavy (non-hydrogen) atoms. The third-order valence-electron chi connectivity index (χ3n) is 3.89. The molecule has 0 bridgehead atoms. The minimum Gasteiger partial charge on any atom is -0.507 e. The van der Waals surface area contributed by atoms with Crippen LogP contribution in [-0.4, -0.2) is 15.2 Å². The number of oxazole rings is 1. The van der Waals surface area contributed by atoms with Crippen molar-refractivity contribution >= 4 is 16.9 Å². The molecular formula is C20H19NO3S. The number of hydrogen-bond acceptors (Lipinski definition) is 5. The fourth-order valence-corrected chi connectivity index (χ4v) is 3.31. The van der Waals surface area contributed by atoms with Crippen LogP contribution in [0.5, 0.6) is 5.75 Å². The summed E-state index contributed by atoms with van der Waals surface area (Å²) in [7, 11) is 0. The first kappa shape index (κ1) is 17.3. The molecule has 0 aliphatic heterocycles. The summed E-state index contributed by atoms with van der Waals surface area (Å²) < 4.78 is 5.59. The van der Waals surface area contributed by atoms with Gasteiger partial charge in [-0.05, 0) is 60.9 Å². The number of benzene rings is 2. The SMILES string of the molecule is Cc1cc(CCc2ncc(C(=O)Sc3ccccc3)o2)cc(C)c1O. The third kappa shape index (κ3) is 4.31. The first-order valence-electron chi connectivity index (χ1n) is 8.04. The summed E-state index contributed by atoms with van der Waals surface area (Å²) in [6.07, 6.45) is 2.83. The van der Waals surface area contributed by atoms with Gasteiger partial charge in [-0.25, -0.2) is 4.98 Å². The number of carbonyl (C=O) groups excluding carboxylic acids is 1. The number of aromatic nitrogens is 1. The number of rotatable bonds is 5. The maximum Gasteiger partial charge on any atom is 0.261 e. The van der Waals surface area contributed by atoms with Crippen molar-refractivity contribution in [3.05, 3.63) is 77.0 Å². The number of carbonyl (C=O) groups is 1. The Bertz CT molecular complexity index is 864. The lowest BCUT2D eigenvalue weighted by molar-refractivity contribution is 0.106. The Morgan fingerprint density at radius 2 is 1.80 bits per heavy atom. The van der Waals surface area contributed by atoms with E-state index in [9.17, 15) is 9.90 Å². The van der Waals surface area contributed by atoms with E-state index in [-0.39, 0.29) is 10.9 Å². The molecule has 4 nitrogen and oxygen atoms in total. The largest absolute Gasteiger partial charge is 0.507 e. The van der Waals surface area contributed by atoms with Gasteiger partial charge in [-0.15, -0.1) is 0 Å². The summed E-state index contributed by atoms with van der Waals surface area (Å²) in [5.74, 6) is 1.15. The van der Waals surface area contributed by atoms with Gasteiger partial charge in [0.25, 0.3) is 5.12 Å². The highest BCUT2D eigenvalue weighted by Crippen LogP contribution is 2.25. The molecule has 0 saturated heterocycles. The van der Waals surface area contributed by atoms with Crippen molar-refractivity contribution in [2.24, 2.45) is 0 Å². The molecule has 1 heterocycles. The van der Waals surface area contributed by atoms with E-state index in [0.29, 0.717) is 18.1 Å². The van der Waals surface area contributed by atoms with Crippen molar-refractivity contribution in [3.8, 4) is 5.75 Å². The molecule has 0 amide bonds. The molecule has 5 heteroatoms. The number of aryl methyl sites for hydroxylation is 4. The van der Waals surface area contributed by atoms with Crippen LogP contribution in [0, 0.1) is 13.8 Å². The Morgan fingerprint density at radius 3 is 2.48 bits per heavy atom. The summed E-state index contributed by atoms with van der Waals surface area (Å²) in [6, 6.07) is 13.4. The normalized spacial score (nSPS) is 10.8. The van der Waals surface area contributed by atoms with E-state index < -0.39 is 0 Å². The monoisotopic (exact) mass is 353 g/mol. The maximum absolute atomic E-state index is 12.2. The molecule has 3 rings (SSSR count). The van der Waals surface area contributed by atoms with Gasteiger partial charge in [0.15, 0.2) is 5.89 Å². The molecule has 1 N–H and O–H groups in total. The second-order valence-corrected chi connectivity index (χ2v) is 6.95. The molecule has 2 aromatic carbocycles. The molecule has 128 valence electrons. The molecule has 0 spiro atoms. The van der Waals surface area contributed by atoms with E-state index in [0.717, 1.165) is 39.8 Å². The van der Waals surface area contributed by atoms with Gasteiger partial charge >= 0.3 is 0 Å². The predicted molar refractivity (Wildman–Crippen MR) is 98.1 cm³/mol. The summed E-state index contributed by atoms with van der Waals surface area (Å²) in [5, 5.41) is 9.68. The summed E-state index contributed by atoms with van der Waals surface area (Å²) >= 11 is 1.13. The molecule has 0 radical (unpaired) electrons. The number of hydrogen-bond donors (Lipinski definition) is 1. The van der Waals surface area contributed by atoms with Gasteiger partial charge in [0, 0.05) is 11.3 Å². The van der Waals surface area contributed by atoms with Crippen LogP contribution in [0.2, 0.25) is 0 Å². The predicted octanol–water partition coefficient (Wildman–Crippen LogP) is 4.71. The lowest BCUT2D eigenvalue weighted by atomic mass is 10.0. The van der Waals surface area contributed by atoms with Crippen LogP contribution >= 0.6 is 11.8 Å². The Hall–Kier alpha value is -2.53. The second kappa shape index (κ2) is 7.57. The van der Waals surface area contributed by atoms with Crippen molar-refractivity contribution in [3.63, 3.8) is 0 Å². The minimum atomic E-state index is -0.152. The zero-order chi connectivity index (χ0) is 17.8. The Balaban J connectivity index is 1.63. The molecule has 0 saturated carbocycles. The molecular weight excluding hydrogens is 334 g/mol. The maximum atomic E-state index is 12.2. The van der Waals surface area contributed by atoms with E-state index in [4.69, 9.17) is 4.42 Å². The van der Waals surface area contributed by atoms with Crippen LogP contribution in [0.3, 0.4) is 0 Å². The fraction of sp³-hybridized carbons (Fsp3) is 0.200. The molecule has 0 aliphatic rings. The fourth-order valence-electron chi connectivity index (χ4n) is 2.61. The zero-order valence-corrected chi connectivity index (χ0v) is 15.0. The number of phenols is 1. The van der Waals surface area contributed by atoms with Crippen LogP contribution in [-0.2, 0) is 12.8 Å². The van der Waals surface area contributed by atoms with E-state index in [1.807, 2.05) is 56.3 Å². The smallest absolute Gasteiger partial charge is 0.261 e. The van der Waals surface area contributed by atoms with E-state index in [2.05, 4.69) is 4.98 Å². The highest BCUT2D eigenvalue weighted by Gasteiger charge is 2.14. The van der Waals surface area contributed by atoms with Crippen LogP contribution in [0.1, 0.15) is 33.1 Å². The molecule has 3 aromatic rings. The summed E-state index contributed by atoms with van der Waals surface area (Å²) in [5.41, 5.74) is 2.83. The van der Waals surface area contributed by atoms with Crippen molar-refractivity contribution in [2.45, 2.75) is 31.6 Å². The van der Waals surface area contributed by atoms with Crippen molar-refractivity contribution in [1.82, 2.24) is 4.98 Å². The Kier molecular flexibility index (Phi) is 5.24. The topological polar surface area (TPSA) is 63.3 Å². The van der Waals surface area contributed by atoms with Gasteiger partial charge in [0.2, 0.25) is 5.76 Å². The Labute approximate surface area is 150 Å². The highest BCUT2D eigenvalue weighted by molar-refractivity contribution is 8.14. The minimum absolute atomic E-state index is 0.152. The summed E-state index contributed by atoms with van der Waals surface area (Å²) in [4.78, 5) is 17.3. The molecule has 1 aromatic heterocycles. The number of phenolic OH excluding ortho intramolecular Hbond substituents is 1. The first-order valence-corrected chi connectivity index (χ1v) is 8.85. The van der Waals surface area contributed by atoms with Crippen molar-refractivity contribution in [2.75, 3.05) is 0 Å². The molecule has 0 fully saturated rings. The van der Waals surface area contributed by atoms with Crippen molar-refractivity contribution < 1.29 is 14.3 Å². The lowest BCUT2D eigenvalue weighted by Gasteiger charge is -2.07. The lowest BCUT2D eigenvalue weighted by Crippen LogP contribution is -1.94. The van der Waals surface area contributed by atoms with E-state index >= 15 is 0 Å². The van der Waals surface area contributed by atoms with Gasteiger partial charge in [-0.2, -0.15) is 0 Å². The number of thioether (sulfide) groups is 1. The van der Waals surface area contributed by atoms with Gasteiger partial charge in [0.05, 0.1) is 6.20 Å². The first-order chi connectivity index (χ1) is 12.0. The van der Waals surface area contributed by atoms with Gasteiger partial charge in [-0.3, -0.25) is 4.79 Å². The van der Waals surface area contributed by atoms with E-state index in [1.54, 1.807) is 0 Å². The van der Waals surface area contributed by atoms with Gasteiger partial charge in [-0.1, -0.05) is 30.3 Å². The molecule has 0 atom stereocenters. The van der Waals surface area contributed by atoms with Crippen LogP contribution < -0.4 is 0 Å². The van der Waals surface area contributed by atoms with Crippen LogP contribution in [0.15, 0.2) is 58.0 Å². The standard InChI is InChI=1S/C20H19NO3S/c1-13-10-15(11-14(2)19(13)22)8-9-18-21-12-17(24-18)20(23)25-16-6-4-3-5-7-16/h3-7,10-12,22H,8-9H2,1-2H3. The number of nitrogens with zero attached hydrogens (tertiary/aromatic N) is 1. The third-order valence-corrected chi connectivity index (χ3v) is 4.78. The molecule has 0 unspecified atom stereocenters. The Morgan fingerprint density at radius 1 is 1.12 bits per heavy atom. The second-order valence-electron chi connectivity index (χ2n) is 5.90. The van der Waals surface area contributed by atoms with Crippen LogP contribution in [0.25, 0.3) is 0 Å². The quantitative estimate of drug-likeness (QED) is 0.673. The number of aromatic hydroxyl groups is 1. The van der Waals surface area contributed by atoms with Crippen molar-refractivity contribution in [1.29, 1.82) is 0 Å². The highest BCUT2D eigenvalue weighted by atomic mass is 32.2. The van der Waals surface area contributed by atoms with Gasteiger partial charge < -0.3 is 9.52 Å². The summed E-state index contributed by atoms with van der Waals surface area (Å²) in [6.45, 7) is 3.77. The van der Waals surface area contributed by atoms with Crippen LogP contribution in [0.4, 0.5) is 0 Å².